The van der Waals surface area contributed by atoms with Gasteiger partial charge in [0.25, 0.3) is 0 Å². The van der Waals surface area contributed by atoms with Gasteiger partial charge in [-0.1, -0.05) is 12.1 Å². The topological polar surface area (TPSA) is 72.6 Å². The van der Waals surface area contributed by atoms with Crippen molar-refractivity contribution in [1.29, 1.82) is 0 Å². The van der Waals surface area contributed by atoms with E-state index >= 15 is 0 Å². The number of nitrogens with two attached hydrogens (primary N) is 1. The molecule has 0 radical (unpaired) electrons. The Bertz CT molecular complexity index is 429. The molecule has 86 valence electrons. The largest absolute Gasteiger partial charge is 0.493 e. The molecule has 1 heterocycles. The Morgan fingerprint density at radius 1 is 1.62 bits per heavy atom. The van der Waals surface area contributed by atoms with E-state index < -0.39 is 12.0 Å². The number of carboxylic acid groups (broad SMARTS) is 1. The molecule has 3 N–H and O–H groups in total. The van der Waals surface area contributed by atoms with E-state index in [1.807, 2.05) is 19.1 Å². The molecule has 1 aliphatic rings. The maximum Gasteiger partial charge on any atom is 0.320 e. The normalized spacial score (nSPS) is 15.4. The van der Waals surface area contributed by atoms with Crippen molar-refractivity contribution in [2.45, 2.75) is 25.8 Å². The van der Waals surface area contributed by atoms with Crippen LogP contribution in [0, 0.1) is 6.92 Å². The first kappa shape index (κ1) is 11.0. The van der Waals surface area contributed by atoms with Gasteiger partial charge in [0, 0.05) is 6.42 Å². The van der Waals surface area contributed by atoms with Crippen LogP contribution in [0.25, 0.3) is 0 Å². The summed E-state index contributed by atoms with van der Waals surface area (Å²) in [5.41, 5.74) is 8.70. The van der Waals surface area contributed by atoms with Crippen LogP contribution in [-0.4, -0.2) is 23.7 Å². The Labute approximate surface area is 94.0 Å². The first-order valence-electron chi connectivity index (χ1n) is 5.31. The fraction of sp³-hybridized carbons (Fsp3) is 0.417. The number of ether oxygens (including phenoxy) is 1. The smallest absolute Gasteiger partial charge is 0.320 e. The number of benzene rings is 1. The van der Waals surface area contributed by atoms with E-state index in [0.717, 1.165) is 28.9 Å². The monoisotopic (exact) mass is 221 g/mol. The molecule has 0 bridgehead atoms. The van der Waals surface area contributed by atoms with Gasteiger partial charge in [-0.15, -0.1) is 0 Å². The van der Waals surface area contributed by atoms with Gasteiger partial charge in [-0.2, -0.15) is 0 Å². The zero-order chi connectivity index (χ0) is 11.7. The molecule has 1 atom stereocenters. The Morgan fingerprint density at radius 2 is 2.38 bits per heavy atom. The Hall–Kier alpha value is -1.55. The van der Waals surface area contributed by atoms with Crippen LogP contribution < -0.4 is 10.5 Å². The Morgan fingerprint density at radius 3 is 3.06 bits per heavy atom. The second-order valence-electron chi connectivity index (χ2n) is 4.15. The number of aliphatic carboxylic acids is 1. The highest BCUT2D eigenvalue weighted by molar-refractivity contribution is 5.73. The molecular formula is C12H15NO3. The van der Waals surface area contributed by atoms with Gasteiger partial charge in [0.2, 0.25) is 0 Å². The fourth-order valence-corrected chi connectivity index (χ4v) is 2.04. The van der Waals surface area contributed by atoms with Gasteiger partial charge in [0.1, 0.15) is 11.8 Å². The van der Waals surface area contributed by atoms with Crippen molar-refractivity contribution in [3.05, 3.63) is 28.8 Å². The van der Waals surface area contributed by atoms with Gasteiger partial charge in [-0.3, -0.25) is 4.79 Å². The van der Waals surface area contributed by atoms with Crippen molar-refractivity contribution in [3.63, 3.8) is 0 Å². The second kappa shape index (κ2) is 4.14. The van der Waals surface area contributed by atoms with E-state index in [0.29, 0.717) is 13.0 Å². The zero-order valence-electron chi connectivity index (χ0n) is 9.19. The third-order valence-electron chi connectivity index (χ3n) is 2.80. The maximum absolute atomic E-state index is 10.7. The number of carboxylic acids is 1. The van der Waals surface area contributed by atoms with Crippen molar-refractivity contribution in [3.8, 4) is 5.75 Å². The van der Waals surface area contributed by atoms with Crippen molar-refractivity contribution in [1.82, 2.24) is 0 Å². The van der Waals surface area contributed by atoms with E-state index in [9.17, 15) is 4.79 Å². The molecule has 0 saturated heterocycles. The summed E-state index contributed by atoms with van der Waals surface area (Å²) in [6.07, 6.45) is 1.26. The van der Waals surface area contributed by atoms with Crippen LogP contribution in [0.5, 0.6) is 5.75 Å². The molecule has 0 fully saturated rings. The first-order valence-corrected chi connectivity index (χ1v) is 5.31. The highest BCUT2D eigenvalue weighted by Gasteiger charge is 2.18. The molecule has 0 saturated carbocycles. The molecule has 1 aromatic rings. The van der Waals surface area contributed by atoms with Crippen molar-refractivity contribution in [2.24, 2.45) is 5.73 Å². The SMILES string of the molecule is Cc1cc(CC(N)C(=O)O)cc2c1OCC2. The quantitative estimate of drug-likeness (QED) is 0.794. The summed E-state index contributed by atoms with van der Waals surface area (Å²) in [5.74, 6) is -0.0120. The van der Waals surface area contributed by atoms with Gasteiger partial charge in [-0.25, -0.2) is 0 Å². The summed E-state index contributed by atoms with van der Waals surface area (Å²) in [5, 5.41) is 8.76. The van der Waals surface area contributed by atoms with Gasteiger partial charge in [-0.05, 0) is 30.0 Å². The fourth-order valence-electron chi connectivity index (χ4n) is 2.04. The Kier molecular flexibility index (Phi) is 2.83. The summed E-state index contributed by atoms with van der Waals surface area (Å²) >= 11 is 0. The molecule has 0 aromatic heterocycles. The minimum absolute atomic E-state index is 0.365. The maximum atomic E-state index is 10.7. The lowest BCUT2D eigenvalue weighted by Gasteiger charge is -2.10. The third kappa shape index (κ3) is 2.02. The van der Waals surface area contributed by atoms with E-state index in [2.05, 4.69) is 0 Å². The second-order valence-corrected chi connectivity index (χ2v) is 4.15. The van der Waals surface area contributed by atoms with Crippen LogP contribution in [0.2, 0.25) is 0 Å². The summed E-state index contributed by atoms with van der Waals surface area (Å²) < 4.78 is 5.49. The van der Waals surface area contributed by atoms with Gasteiger partial charge in [0.15, 0.2) is 0 Å². The van der Waals surface area contributed by atoms with E-state index in [4.69, 9.17) is 15.6 Å². The standard InChI is InChI=1S/C12H15NO3/c1-7-4-8(6-10(13)12(14)15)5-9-2-3-16-11(7)9/h4-5,10H,2-3,6,13H2,1H3,(H,14,15). The molecule has 16 heavy (non-hydrogen) atoms. The van der Waals surface area contributed by atoms with E-state index in [-0.39, 0.29) is 0 Å². The third-order valence-corrected chi connectivity index (χ3v) is 2.80. The number of rotatable bonds is 3. The van der Waals surface area contributed by atoms with Crippen LogP contribution >= 0.6 is 0 Å². The number of fused-ring (bicyclic) bond motifs is 1. The summed E-state index contributed by atoms with van der Waals surface area (Å²) in [7, 11) is 0. The number of hydrogen-bond acceptors (Lipinski definition) is 3. The molecule has 1 aliphatic heterocycles. The number of carbonyl (C=O) groups is 1. The van der Waals surface area contributed by atoms with Crippen LogP contribution in [0.3, 0.4) is 0 Å². The molecule has 4 heteroatoms. The summed E-state index contributed by atoms with van der Waals surface area (Å²) in [4.78, 5) is 10.7. The summed E-state index contributed by atoms with van der Waals surface area (Å²) in [6, 6.07) is 3.12. The lowest BCUT2D eigenvalue weighted by atomic mass is 9.99. The minimum Gasteiger partial charge on any atom is -0.493 e. The molecule has 0 aliphatic carbocycles. The Balaban J connectivity index is 2.23. The molecule has 0 amide bonds. The van der Waals surface area contributed by atoms with Crippen LogP contribution in [-0.2, 0) is 17.6 Å². The van der Waals surface area contributed by atoms with Crippen molar-refractivity contribution >= 4 is 5.97 Å². The highest BCUT2D eigenvalue weighted by atomic mass is 16.5. The average Bonchev–Trinajstić information content (AvgIpc) is 2.65. The van der Waals surface area contributed by atoms with Crippen LogP contribution in [0.1, 0.15) is 16.7 Å². The molecule has 4 nitrogen and oxygen atoms in total. The minimum atomic E-state index is -0.964. The van der Waals surface area contributed by atoms with Gasteiger partial charge < -0.3 is 15.6 Å². The molecule has 2 rings (SSSR count). The van der Waals surface area contributed by atoms with Gasteiger partial charge >= 0.3 is 5.97 Å². The average molecular weight is 221 g/mol. The predicted molar refractivity (Wildman–Crippen MR) is 59.7 cm³/mol. The van der Waals surface area contributed by atoms with Crippen LogP contribution in [0.4, 0.5) is 0 Å². The van der Waals surface area contributed by atoms with E-state index in [1.54, 1.807) is 0 Å². The van der Waals surface area contributed by atoms with Crippen molar-refractivity contribution in [2.75, 3.05) is 6.61 Å². The molecule has 1 unspecified atom stereocenters. The molecule has 1 aromatic carbocycles. The first-order chi connectivity index (χ1) is 7.58. The van der Waals surface area contributed by atoms with Crippen LogP contribution in [0.15, 0.2) is 12.1 Å². The lowest BCUT2D eigenvalue weighted by molar-refractivity contribution is -0.138. The number of hydrogen-bond donors (Lipinski definition) is 2. The van der Waals surface area contributed by atoms with Gasteiger partial charge in [0.05, 0.1) is 6.61 Å². The molecular weight excluding hydrogens is 206 g/mol. The summed E-state index contributed by atoms with van der Waals surface area (Å²) in [6.45, 7) is 2.69. The highest BCUT2D eigenvalue weighted by Crippen LogP contribution is 2.30. The van der Waals surface area contributed by atoms with E-state index in [1.165, 1.54) is 0 Å². The lowest BCUT2D eigenvalue weighted by Crippen LogP contribution is -2.32. The van der Waals surface area contributed by atoms with Crippen molar-refractivity contribution < 1.29 is 14.6 Å². The number of aryl methyl sites for hydroxylation is 1. The zero-order valence-corrected chi connectivity index (χ0v) is 9.19. The predicted octanol–water partition coefficient (Wildman–Crippen LogP) is 0.884. The molecule has 0 spiro atoms.